The number of unbranched alkanes of at least 4 members (excludes halogenated alkanes) is 1. The summed E-state index contributed by atoms with van der Waals surface area (Å²) in [5, 5.41) is 11.8. The van der Waals surface area contributed by atoms with Crippen LogP contribution in [0.3, 0.4) is 0 Å². The van der Waals surface area contributed by atoms with Crippen LogP contribution in [0.1, 0.15) is 25.3 Å². The summed E-state index contributed by atoms with van der Waals surface area (Å²) < 4.78 is 5.79. The highest BCUT2D eigenvalue weighted by molar-refractivity contribution is 5.97. The molecular weight excluding hydrogens is 388 g/mol. The Bertz CT molecular complexity index is 952. The van der Waals surface area contributed by atoms with E-state index in [-0.39, 0.29) is 0 Å². The van der Waals surface area contributed by atoms with Crippen LogP contribution in [0.25, 0.3) is 11.1 Å². The second kappa shape index (κ2) is 10.8. The fraction of sp³-hybridized carbons (Fsp3) is 0.269. The van der Waals surface area contributed by atoms with E-state index in [0.29, 0.717) is 12.3 Å². The lowest BCUT2D eigenvalue weighted by molar-refractivity contribution is -0.121. The van der Waals surface area contributed by atoms with Crippen LogP contribution in [0.2, 0.25) is 0 Å². The van der Waals surface area contributed by atoms with Crippen molar-refractivity contribution in [2.75, 3.05) is 18.5 Å². The fourth-order valence-electron chi connectivity index (χ4n) is 3.10. The Morgan fingerprint density at radius 1 is 0.935 bits per heavy atom. The molecule has 1 atom stereocenters. The summed E-state index contributed by atoms with van der Waals surface area (Å²) in [5.41, 5.74) is 8.82. The molecule has 0 spiro atoms. The number of rotatable bonds is 10. The standard InChI is InChI=1S/C26H30N2O3/c1-26(27,19-29)25(30)28-23-14-16-24(17-15-23)31-18-6-5-7-20-10-12-22(13-11-20)21-8-3-2-4-9-21/h2-4,8-17,29H,5-7,18-19,27H2,1H3,(H,28,30). The van der Waals surface area contributed by atoms with Crippen molar-refractivity contribution in [3.8, 4) is 16.9 Å². The Hall–Kier alpha value is -3.15. The summed E-state index contributed by atoms with van der Waals surface area (Å²) in [4.78, 5) is 12.0. The van der Waals surface area contributed by atoms with Crippen LogP contribution in [-0.4, -0.2) is 29.8 Å². The number of amides is 1. The smallest absolute Gasteiger partial charge is 0.246 e. The highest BCUT2D eigenvalue weighted by atomic mass is 16.5. The Kier molecular flexibility index (Phi) is 7.82. The molecule has 0 aliphatic heterocycles. The number of carbonyl (C=O) groups excluding carboxylic acids is 1. The first-order valence-electron chi connectivity index (χ1n) is 10.6. The first-order valence-corrected chi connectivity index (χ1v) is 10.6. The lowest BCUT2D eigenvalue weighted by Gasteiger charge is -2.20. The van der Waals surface area contributed by atoms with Gasteiger partial charge in [-0.25, -0.2) is 0 Å². The molecular formula is C26H30N2O3. The third-order valence-electron chi connectivity index (χ3n) is 5.15. The SMILES string of the molecule is CC(N)(CO)C(=O)Nc1ccc(OCCCCc2ccc(-c3ccccc3)cc2)cc1. The predicted molar refractivity (Wildman–Crippen MR) is 125 cm³/mol. The molecule has 3 rings (SSSR count). The van der Waals surface area contributed by atoms with E-state index >= 15 is 0 Å². The molecule has 0 aliphatic rings. The Labute approximate surface area is 183 Å². The van der Waals surface area contributed by atoms with Crippen LogP contribution in [0, 0.1) is 0 Å². The summed E-state index contributed by atoms with van der Waals surface area (Å²) in [7, 11) is 0. The van der Waals surface area contributed by atoms with E-state index in [0.717, 1.165) is 25.0 Å². The molecule has 0 radical (unpaired) electrons. The lowest BCUT2D eigenvalue weighted by Crippen LogP contribution is -2.51. The zero-order chi connectivity index (χ0) is 22.1. The van der Waals surface area contributed by atoms with Gasteiger partial charge >= 0.3 is 0 Å². The van der Waals surface area contributed by atoms with Gasteiger partial charge in [0.25, 0.3) is 0 Å². The van der Waals surface area contributed by atoms with E-state index in [2.05, 4.69) is 53.8 Å². The number of aliphatic hydroxyl groups is 1. The van der Waals surface area contributed by atoms with Gasteiger partial charge in [0.15, 0.2) is 0 Å². The van der Waals surface area contributed by atoms with Crippen LogP contribution in [0.5, 0.6) is 5.75 Å². The maximum absolute atomic E-state index is 12.0. The minimum atomic E-state index is -1.31. The molecule has 0 heterocycles. The van der Waals surface area contributed by atoms with Gasteiger partial charge in [0.05, 0.1) is 13.2 Å². The second-order valence-electron chi connectivity index (χ2n) is 7.92. The molecule has 0 bridgehead atoms. The molecule has 31 heavy (non-hydrogen) atoms. The van der Waals surface area contributed by atoms with Crippen molar-refractivity contribution in [3.05, 3.63) is 84.4 Å². The van der Waals surface area contributed by atoms with Crippen molar-refractivity contribution in [2.45, 2.75) is 31.7 Å². The largest absolute Gasteiger partial charge is 0.494 e. The van der Waals surface area contributed by atoms with Crippen LogP contribution in [0.15, 0.2) is 78.9 Å². The van der Waals surface area contributed by atoms with Gasteiger partial charge in [-0.2, -0.15) is 0 Å². The monoisotopic (exact) mass is 418 g/mol. The number of benzene rings is 3. The number of aliphatic hydroxyl groups excluding tert-OH is 1. The number of anilines is 1. The first kappa shape index (κ1) is 22.5. The maximum Gasteiger partial charge on any atom is 0.246 e. The van der Waals surface area contributed by atoms with Crippen molar-refractivity contribution in [3.63, 3.8) is 0 Å². The summed E-state index contributed by atoms with van der Waals surface area (Å²) in [6.45, 7) is 1.70. The first-order chi connectivity index (χ1) is 15.0. The maximum atomic E-state index is 12.0. The molecule has 4 N–H and O–H groups in total. The second-order valence-corrected chi connectivity index (χ2v) is 7.92. The number of hydrogen-bond acceptors (Lipinski definition) is 4. The van der Waals surface area contributed by atoms with Gasteiger partial charge in [-0.1, -0.05) is 54.6 Å². The molecule has 162 valence electrons. The predicted octanol–water partition coefficient (Wildman–Crippen LogP) is 4.40. The Morgan fingerprint density at radius 3 is 2.23 bits per heavy atom. The Balaban J connectivity index is 1.38. The molecule has 0 saturated carbocycles. The number of aryl methyl sites for hydroxylation is 1. The number of ether oxygens (including phenoxy) is 1. The average molecular weight is 419 g/mol. The van der Waals surface area contributed by atoms with Crippen LogP contribution < -0.4 is 15.8 Å². The van der Waals surface area contributed by atoms with Crippen molar-refractivity contribution in [1.82, 2.24) is 0 Å². The molecule has 5 nitrogen and oxygen atoms in total. The van der Waals surface area contributed by atoms with Gasteiger partial charge in [-0.3, -0.25) is 4.79 Å². The molecule has 0 fully saturated rings. The van der Waals surface area contributed by atoms with Gasteiger partial charge in [0.1, 0.15) is 11.3 Å². The third-order valence-corrected chi connectivity index (χ3v) is 5.15. The summed E-state index contributed by atoms with van der Waals surface area (Å²) in [6.07, 6.45) is 3.03. The van der Waals surface area contributed by atoms with Crippen LogP contribution in [-0.2, 0) is 11.2 Å². The van der Waals surface area contributed by atoms with Crippen molar-refractivity contribution in [2.24, 2.45) is 5.73 Å². The van der Waals surface area contributed by atoms with E-state index in [1.165, 1.54) is 23.6 Å². The van der Waals surface area contributed by atoms with Gasteiger partial charge in [0, 0.05) is 5.69 Å². The number of hydrogen-bond donors (Lipinski definition) is 3. The van der Waals surface area contributed by atoms with E-state index in [4.69, 9.17) is 15.6 Å². The van der Waals surface area contributed by atoms with Gasteiger partial charge in [-0.15, -0.1) is 0 Å². The Morgan fingerprint density at radius 2 is 1.58 bits per heavy atom. The molecule has 1 amide bonds. The average Bonchev–Trinajstić information content (AvgIpc) is 2.81. The van der Waals surface area contributed by atoms with E-state index < -0.39 is 18.1 Å². The fourth-order valence-corrected chi connectivity index (χ4v) is 3.10. The molecule has 0 saturated heterocycles. The highest BCUT2D eigenvalue weighted by Crippen LogP contribution is 2.20. The van der Waals surface area contributed by atoms with E-state index in [1.54, 1.807) is 12.1 Å². The molecule has 0 aliphatic carbocycles. The number of nitrogens with one attached hydrogen (secondary N) is 1. The summed E-state index contributed by atoms with van der Waals surface area (Å²) in [5.74, 6) is 0.323. The van der Waals surface area contributed by atoms with E-state index in [1.807, 2.05) is 18.2 Å². The summed E-state index contributed by atoms with van der Waals surface area (Å²) in [6, 6.07) is 26.3. The zero-order valence-corrected chi connectivity index (χ0v) is 17.9. The highest BCUT2D eigenvalue weighted by Gasteiger charge is 2.27. The van der Waals surface area contributed by atoms with Crippen molar-refractivity contribution in [1.29, 1.82) is 0 Å². The van der Waals surface area contributed by atoms with Crippen molar-refractivity contribution < 1.29 is 14.6 Å². The van der Waals surface area contributed by atoms with Gasteiger partial charge in [-0.05, 0) is 67.1 Å². The molecule has 1 unspecified atom stereocenters. The van der Waals surface area contributed by atoms with Gasteiger partial charge < -0.3 is 20.9 Å². The van der Waals surface area contributed by atoms with Crippen molar-refractivity contribution >= 4 is 11.6 Å². The third kappa shape index (κ3) is 6.67. The minimum Gasteiger partial charge on any atom is -0.494 e. The van der Waals surface area contributed by atoms with Gasteiger partial charge in [0.2, 0.25) is 5.91 Å². The van der Waals surface area contributed by atoms with Crippen LogP contribution >= 0.6 is 0 Å². The normalized spacial score (nSPS) is 12.7. The molecule has 3 aromatic rings. The topological polar surface area (TPSA) is 84.6 Å². The quantitative estimate of drug-likeness (QED) is 0.426. The summed E-state index contributed by atoms with van der Waals surface area (Å²) >= 11 is 0. The number of nitrogens with two attached hydrogens (primary N) is 1. The molecule has 0 aromatic heterocycles. The molecule has 3 aromatic carbocycles. The van der Waals surface area contributed by atoms with Crippen LogP contribution in [0.4, 0.5) is 5.69 Å². The van der Waals surface area contributed by atoms with E-state index in [9.17, 15) is 4.79 Å². The number of carbonyl (C=O) groups is 1. The lowest BCUT2D eigenvalue weighted by atomic mass is 10.0. The minimum absolute atomic E-state index is 0.419. The molecule has 5 heteroatoms. The zero-order valence-electron chi connectivity index (χ0n) is 17.9.